The number of ether oxygens (including phenoxy) is 1. The average Bonchev–Trinajstić information content (AvgIpc) is 2.91. The lowest BCUT2D eigenvalue weighted by atomic mass is 10.1. The number of non-ortho nitro benzene ring substituents is 1. The summed E-state index contributed by atoms with van der Waals surface area (Å²) in [6.45, 7) is 1.78. The smallest absolute Gasteiger partial charge is 0.307 e. The van der Waals surface area contributed by atoms with Gasteiger partial charge in [0.25, 0.3) is 5.69 Å². The zero-order valence-electron chi connectivity index (χ0n) is 13.7. The second-order valence-corrected chi connectivity index (χ2v) is 5.71. The van der Waals surface area contributed by atoms with Gasteiger partial charge in [0, 0.05) is 35.5 Å². The second kappa shape index (κ2) is 6.27. The van der Waals surface area contributed by atoms with E-state index in [9.17, 15) is 14.9 Å². The lowest BCUT2D eigenvalue weighted by Crippen LogP contribution is -2.00. The molecule has 25 heavy (non-hydrogen) atoms. The van der Waals surface area contributed by atoms with Crippen molar-refractivity contribution in [3.05, 3.63) is 63.8 Å². The number of hydrogen-bond acceptors (Lipinski definition) is 4. The van der Waals surface area contributed by atoms with E-state index in [0.717, 1.165) is 22.2 Å². The van der Waals surface area contributed by atoms with Gasteiger partial charge < -0.3 is 14.4 Å². The number of carboxylic acid groups (broad SMARTS) is 1. The molecule has 0 saturated heterocycles. The van der Waals surface area contributed by atoms with Crippen LogP contribution in [-0.4, -0.2) is 27.7 Å². The summed E-state index contributed by atoms with van der Waals surface area (Å²) in [5.74, 6) is -0.274. The number of nitro groups is 1. The average molecular weight is 340 g/mol. The molecule has 3 aromatic rings. The molecule has 3 rings (SSSR count). The second-order valence-electron chi connectivity index (χ2n) is 5.71. The van der Waals surface area contributed by atoms with E-state index >= 15 is 0 Å². The molecule has 7 nitrogen and oxygen atoms in total. The van der Waals surface area contributed by atoms with Crippen molar-refractivity contribution in [2.75, 3.05) is 7.11 Å². The summed E-state index contributed by atoms with van der Waals surface area (Å²) in [7, 11) is 1.56. The third-order valence-corrected chi connectivity index (χ3v) is 4.09. The zero-order chi connectivity index (χ0) is 18.1. The maximum Gasteiger partial charge on any atom is 0.307 e. The fourth-order valence-corrected chi connectivity index (χ4v) is 2.93. The van der Waals surface area contributed by atoms with Gasteiger partial charge >= 0.3 is 5.97 Å². The molecule has 0 bridgehead atoms. The largest absolute Gasteiger partial charge is 0.497 e. The Labute approximate surface area is 143 Å². The predicted molar refractivity (Wildman–Crippen MR) is 92.6 cm³/mol. The van der Waals surface area contributed by atoms with Gasteiger partial charge in [-0.05, 0) is 36.2 Å². The topological polar surface area (TPSA) is 94.6 Å². The van der Waals surface area contributed by atoms with E-state index in [4.69, 9.17) is 9.84 Å². The van der Waals surface area contributed by atoms with Gasteiger partial charge in [0.1, 0.15) is 5.75 Å². The summed E-state index contributed by atoms with van der Waals surface area (Å²) >= 11 is 0. The van der Waals surface area contributed by atoms with Crippen molar-refractivity contribution in [1.82, 2.24) is 4.57 Å². The summed E-state index contributed by atoms with van der Waals surface area (Å²) in [6.07, 6.45) is 1.65. The summed E-state index contributed by atoms with van der Waals surface area (Å²) < 4.78 is 7.11. The van der Waals surface area contributed by atoms with E-state index in [2.05, 4.69) is 0 Å². The number of carboxylic acids is 1. The first-order valence-corrected chi connectivity index (χ1v) is 7.56. The van der Waals surface area contributed by atoms with Gasteiger partial charge in [-0.25, -0.2) is 0 Å². The molecule has 0 aliphatic carbocycles. The number of aromatic nitrogens is 1. The number of fused-ring (bicyclic) bond motifs is 1. The van der Waals surface area contributed by atoms with Crippen LogP contribution in [0, 0.1) is 17.0 Å². The Morgan fingerprint density at radius 2 is 2.04 bits per heavy atom. The minimum atomic E-state index is -0.921. The van der Waals surface area contributed by atoms with Gasteiger partial charge in [-0.2, -0.15) is 0 Å². The molecule has 0 radical (unpaired) electrons. The van der Waals surface area contributed by atoms with Crippen LogP contribution >= 0.6 is 0 Å². The molecule has 0 aliphatic heterocycles. The molecule has 0 saturated carbocycles. The Morgan fingerprint density at radius 1 is 1.28 bits per heavy atom. The molecule has 1 heterocycles. The third-order valence-electron chi connectivity index (χ3n) is 4.09. The highest BCUT2D eigenvalue weighted by atomic mass is 16.6. The van der Waals surface area contributed by atoms with Crippen LogP contribution in [0.2, 0.25) is 0 Å². The van der Waals surface area contributed by atoms with Crippen molar-refractivity contribution in [3.63, 3.8) is 0 Å². The third kappa shape index (κ3) is 3.03. The quantitative estimate of drug-likeness (QED) is 0.567. The fraction of sp³-hybridized carbons (Fsp3) is 0.167. The number of hydrogen-bond donors (Lipinski definition) is 1. The molecule has 2 aromatic carbocycles. The molecule has 1 aromatic heterocycles. The number of aliphatic carboxylic acids is 1. The van der Waals surface area contributed by atoms with Crippen molar-refractivity contribution < 1.29 is 19.6 Å². The minimum Gasteiger partial charge on any atom is -0.497 e. The van der Waals surface area contributed by atoms with E-state index in [0.29, 0.717) is 11.3 Å². The standard InChI is InChI=1S/C18H16N2O5/c1-11-7-13(20(23)24)3-6-16(11)19-10-12(8-18(21)22)15-5-4-14(25-2)9-17(15)19/h3-7,9-10H,8H2,1-2H3,(H,21,22). The fourth-order valence-electron chi connectivity index (χ4n) is 2.93. The highest BCUT2D eigenvalue weighted by Gasteiger charge is 2.16. The SMILES string of the molecule is COc1ccc2c(CC(=O)O)cn(-c3ccc([N+](=O)[O-])cc3C)c2c1. The Hall–Kier alpha value is -3.35. The highest BCUT2D eigenvalue weighted by Crippen LogP contribution is 2.31. The molecule has 0 amide bonds. The lowest BCUT2D eigenvalue weighted by Gasteiger charge is -2.09. The first kappa shape index (κ1) is 16.5. The van der Waals surface area contributed by atoms with Crippen LogP contribution < -0.4 is 4.74 Å². The van der Waals surface area contributed by atoms with E-state index in [1.54, 1.807) is 32.4 Å². The Bertz CT molecular complexity index is 991. The first-order valence-electron chi connectivity index (χ1n) is 7.56. The van der Waals surface area contributed by atoms with Crippen LogP contribution in [0.5, 0.6) is 5.75 Å². The maximum absolute atomic E-state index is 11.2. The Kier molecular flexibility index (Phi) is 4.14. The van der Waals surface area contributed by atoms with E-state index < -0.39 is 10.9 Å². The molecule has 0 atom stereocenters. The summed E-state index contributed by atoms with van der Waals surface area (Å²) in [6, 6.07) is 10.0. The van der Waals surface area contributed by atoms with Gasteiger partial charge in [0.05, 0.1) is 24.0 Å². The van der Waals surface area contributed by atoms with Gasteiger partial charge in [0.15, 0.2) is 0 Å². The molecule has 0 aliphatic rings. The predicted octanol–water partition coefficient (Wildman–Crippen LogP) is 3.48. The van der Waals surface area contributed by atoms with Crippen LogP contribution in [-0.2, 0) is 11.2 Å². The van der Waals surface area contributed by atoms with E-state index in [1.807, 2.05) is 16.7 Å². The Morgan fingerprint density at radius 3 is 2.64 bits per heavy atom. The van der Waals surface area contributed by atoms with Gasteiger partial charge in [-0.3, -0.25) is 14.9 Å². The van der Waals surface area contributed by atoms with Gasteiger partial charge in [-0.1, -0.05) is 0 Å². The van der Waals surface area contributed by atoms with E-state index in [1.165, 1.54) is 12.1 Å². The van der Waals surface area contributed by atoms with Crippen molar-refractivity contribution in [1.29, 1.82) is 0 Å². The molecular weight excluding hydrogens is 324 g/mol. The molecule has 0 unspecified atom stereocenters. The zero-order valence-corrected chi connectivity index (χ0v) is 13.7. The summed E-state index contributed by atoms with van der Waals surface area (Å²) in [5, 5.41) is 20.9. The van der Waals surface area contributed by atoms with Gasteiger partial charge in [-0.15, -0.1) is 0 Å². The number of methoxy groups -OCH3 is 1. The van der Waals surface area contributed by atoms with Crippen LogP contribution in [0.3, 0.4) is 0 Å². The maximum atomic E-state index is 11.2. The van der Waals surface area contributed by atoms with E-state index in [-0.39, 0.29) is 12.1 Å². The van der Waals surface area contributed by atoms with Crippen molar-refractivity contribution in [2.24, 2.45) is 0 Å². The van der Waals surface area contributed by atoms with Crippen LogP contribution in [0.15, 0.2) is 42.6 Å². The molecule has 7 heteroatoms. The number of aryl methyl sites for hydroxylation is 1. The minimum absolute atomic E-state index is 0.0149. The number of benzene rings is 2. The highest BCUT2D eigenvalue weighted by molar-refractivity contribution is 5.90. The molecule has 1 N–H and O–H groups in total. The van der Waals surface area contributed by atoms with Crippen molar-refractivity contribution in [2.45, 2.75) is 13.3 Å². The van der Waals surface area contributed by atoms with Crippen LogP contribution in [0.1, 0.15) is 11.1 Å². The normalized spacial score (nSPS) is 10.8. The molecule has 0 fully saturated rings. The van der Waals surface area contributed by atoms with Crippen LogP contribution in [0.25, 0.3) is 16.6 Å². The van der Waals surface area contributed by atoms with Gasteiger partial charge in [0.2, 0.25) is 0 Å². The van der Waals surface area contributed by atoms with Crippen molar-refractivity contribution in [3.8, 4) is 11.4 Å². The number of nitro benzene ring substituents is 1. The van der Waals surface area contributed by atoms with Crippen molar-refractivity contribution >= 4 is 22.6 Å². The monoisotopic (exact) mass is 340 g/mol. The first-order chi connectivity index (χ1) is 11.9. The van der Waals surface area contributed by atoms with Crippen LogP contribution in [0.4, 0.5) is 5.69 Å². The molecular formula is C18H16N2O5. The molecule has 128 valence electrons. The number of rotatable bonds is 5. The summed E-state index contributed by atoms with van der Waals surface area (Å²) in [4.78, 5) is 21.7. The summed E-state index contributed by atoms with van der Waals surface area (Å²) in [5.41, 5.74) is 2.94. The molecule has 0 spiro atoms. The lowest BCUT2D eigenvalue weighted by molar-refractivity contribution is -0.384. The Balaban J connectivity index is 2.24. The number of carbonyl (C=O) groups is 1. The number of nitrogens with zero attached hydrogens (tertiary/aromatic N) is 2.